The largest absolute Gasteiger partial charge is 0.481 e. The first-order valence-corrected chi connectivity index (χ1v) is 10.1. The van der Waals surface area contributed by atoms with Gasteiger partial charge in [-0.2, -0.15) is 0 Å². The summed E-state index contributed by atoms with van der Waals surface area (Å²) in [6, 6.07) is 14.7. The smallest absolute Gasteiger partial charge is 0.304 e. The summed E-state index contributed by atoms with van der Waals surface area (Å²) >= 11 is 12.3. The summed E-state index contributed by atoms with van der Waals surface area (Å²) in [6.45, 7) is 1.73. The Morgan fingerprint density at radius 2 is 1.79 bits per heavy atom. The van der Waals surface area contributed by atoms with Gasteiger partial charge in [0, 0.05) is 30.1 Å². The van der Waals surface area contributed by atoms with E-state index in [1.54, 1.807) is 49.2 Å². The molecule has 2 aromatic carbocycles. The molecule has 1 N–H and O–H groups in total. The van der Waals surface area contributed by atoms with Crippen LogP contribution in [0.4, 0.5) is 0 Å². The van der Waals surface area contributed by atoms with E-state index >= 15 is 0 Å². The molecule has 0 aliphatic carbocycles. The molecule has 2 aromatic rings. The van der Waals surface area contributed by atoms with E-state index in [2.05, 4.69) is 0 Å². The lowest BCUT2D eigenvalue weighted by atomic mass is 9.68. The van der Waals surface area contributed by atoms with Gasteiger partial charge < -0.3 is 5.11 Å². The highest BCUT2D eigenvalue weighted by Crippen LogP contribution is 2.51. The second-order valence-corrected chi connectivity index (χ2v) is 8.86. The summed E-state index contributed by atoms with van der Waals surface area (Å²) in [6.07, 6.45) is 0.163. The molecule has 3 unspecified atom stereocenters. The van der Waals surface area contributed by atoms with Crippen molar-refractivity contribution >= 4 is 35.1 Å². The summed E-state index contributed by atoms with van der Waals surface area (Å²) in [7, 11) is 3.59. The van der Waals surface area contributed by atoms with Gasteiger partial charge in [0.1, 0.15) is 0 Å². The molecule has 0 aromatic heterocycles. The van der Waals surface area contributed by atoms with Crippen LogP contribution in [0.5, 0.6) is 0 Å². The summed E-state index contributed by atoms with van der Waals surface area (Å²) in [5.74, 6) is -1.34. The number of piperidine rings is 1. The van der Waals surface area contributed by atoms with Crippen molar-refractivity contribution in [1.29, 1.82) is 0 Å². The van der Waals surface area contributed by atoms with E-state index in [9.17, 15) is 14.7 Å². The fraction of sp³-hybridized carbons (Fsp3) is 0.364. The number of hydrazine groups is 1. The van der Waals surface area contributed by atoms with Gasteiger partial charge in [0.15, 0.2) is 0 Å². The number of rotatable bonds is 5. The van der Waals surface area contributed by atoms with Gasteiger partial charge in [-0.1, -0.05) is 54.4 Å². The van der Waals surface area contributed by atoms with Gasteiger partial charge in [-0.15, -0.1) is 0 Å². The first kappa shape index (κ1) is 21.6. The van der Waals surface area contributed by atoms with E-state index in [1.165, 1.54) is 0 Å². The maximum Gasteiger partial charge on any atom is 0.304 e. The van der Waals surface area contributed by atoms with Gasteiger partial charge in [-0.25, -0.2) is 5.01 Å². The lowest BCUT2D eigenvalue weighted by molar-refractivity contribution is -0.175. The van der Waals surface area contributed by atoms with Crippen LogP contribution in [0.3, 0.4) is 0 Å². The Morgan fingerprint density at radius 3 is 2.34 bits per heavy atom. The minimum atomic E-state index is -1.04. The lowest BCUT2D eigenvalue weighted by Gasteiger charge is -2.51. The van der Waals surface area contributed by atoms with Crippen LogP contribution >= 0.6 is 23.2 Å². The van der Waals surface area contributed by atoms with Gasteiger partial charge in [0.05, 0.1) is 17.9 Å². The molecule has 1 aliphatic rings. The molecular weight excluding hydrogens is 411 g/mol. The van der Waals surface area contributed by atoms with E-state index in [0.29, 0.717) is 16.5 Å². The van der Waals surface area contributed by atoms with Gasteiger partial charge in [0.2, 0.25) is 5.91 Å². The second kappa shape index (κ2) is 8.34. The van der Waals surface area contributed by atoms with Gasteiger partial charge in [0.25, 0.3) is 0 Å². The van der Waals surface area contributed by atoms with Crippen LogP contribution in [-0.4, -0.2) is 41.1 Å². The van der Waals surface area contributed by atoms with Crippen LogP contribution in [0.1, 0.15) is 42.9 Å². The molecule has 0 bridgehead atoms. The van der Waals surface area contributed by atoms with Crippen molar-refractivity contribution in [3.63, 3.8) is 0 Å². The zero-order valence-corrected chi connectivity index (χ0v) is 18.1. The van der Waals surface area contributed by atoms with Crippen molar-refractivity contribution in [1.82, 2.24) is 10.0 Å². The Morgan fingerprint density at radius 1 is 1.14 bits per heavy atom. The number of benzene rings is 2. The second-order valence-electron chi connectivity index (χ2n) is 7.99. The predicted octanol–water partition coefficient (Wildman–Crippen LogP) is 5.01. The van der Waals surface area contributed by atoms with Crippen LogP contribution < -0.4 is 0 Å². The van der Waals surface area contributed by atoms with Crippen LogP contribution in [0.25, 0.3) is 0 Å². The molecule has 3 rings (SSSR count). The number of nitrogens with zero attached hydrogens (tertiary/aromatic N) is 2. The number of amides is 1. The molecule has 154 valence electrons. The molecule has 5 nitrogen and oxygen atoms in total. The van der Waals surface area contributed by atoms with E-state index in [0.717, 1.165) is 11.1 Å². The Kier molecular flexibility index (Phi) is 6.22. The highest BCUT2D eigenvalue weighted by molar-refractivity contribution is 6.30. The predicted molar refractivity (Wildman–Crippen MR) is 114 cm³/mol. The van der Waals surface area contributed by atoms with Crippen LogP contribution in [-0.2, 0) is 9.59 Å². The number of hydrogen-bond acceptors (Lipinski definition) is 3. The number of carboxylic acid groups (broad SMARTS) is 1. The van der Waals surface area contributed by atoms with Gasteiger partial charge >= 0.3 is 5.97 Å². The first-order valence-electron chi connectivity index (χ1n) is 9.36. The number of hydrogen-bond donors (Lipinski definition) is 1. The zero-order chi connectivity index (χ0) is 21.3. The number of carbonyl (C=O) groups is 2. The Labute approximate surface area is 180 Å². The third kappa shape index (κ3) is 4.42. The maximum absolute atomic E-state index is 13.5. The summed E-state index contributed by atoms with van der Waals surface area (Å²) in [4.78, 5) is 25.0. The Balaban J connectivity index is 2.18. The normalized spacial score (nSPS) is 24.8. The molecule has 7 heteroatoms. The minimum Gasteiger partial charge on any atom is -0.481 e. The van der Waals surface area contributed by atoms with E-state index in [4.69, 9.17) is 23.2 Å². The molecule has 0 saturated carbocycles. The Hall–Kier alpha value is -2.08. The highest BCUT2D eigenvalue weighted by Gasteiger charge is 2.51. The average Bonchev–Trinajstić information content (AvgIpc) is 2.63. The fourth-order valence-electron chi connectivity index (χ4n) is 4.24. The maximum atomic E-state index is 13.5. The third-order valence-electron chi connectivity index (χ3n) is 5.50. The fourth-order valence-corrected chi connectivity index (χ4v) is 4.57. The third-order valence-corrected chi connectivity index (χ3v) is 5.99. The number of halogens is 2. The SMILES string of the molecule is CN(C)N1C(=O)C(C)(CC(=O)O)CC(c2cccc(Cl)c2)C1c1ccc(Cl)cc1. The number of carbonyl (C=O) groups excluding carboxylic acids is 1. The zero-order valence-electron chi connectivity index (χ0n) is 16.6. The quantitative estimate of drug-likeness (QED) is 0.718. The van der Waals surface area contributed by atoms with Crippen molar-refractivity contribution in [2.45, 2.75) is 31.7 Å². The molecule has 1 saturated heterocycles. The minimum absolute atomic E-state index is 0.140. The number of carboxylic acids is 1. The molecule has 1 amide bonds. The monoisotopic (exact) mass is 434 g/mol. The molecule has 0 radical (unpaired) electrons. The van der Waals surface area contributed by atoms with Crippen molar-refractivity contribution in [3.8, 4) is 0 Å². The Bertz CT molecular complexity index is 917. The summed E-state index contributed by atoms with van der Waals surface area (Å²) in [5.41, 5.74) is 0.860. The molecule has 29 heavy (non-hydrogen) atoms. The molecule has 3 atom stereocenters. The molecule has 1 heterocycles. The standard InChI is InChI=1S/C22H24Cl2N2O3/c1-22(13-19(27)28)12-18(15-5-4-6-17(24)11-15)20(26(21(22)29)25(2)3)14-7-9-16(23)10-8-14/h4-11,18,20H,12-13H2,1-3H3,(H,27,28). The van der Waals surface area contributed by atoms with Crippen molar-refractivity contribution in [2.75, 3.05) is 14.1 Å². The summed E-state index contributed by atoms with van der Waals surface area (Å²) in [5, 5.41) is 14.1. The molecule has 1 aliphatic heterocycles. The van der Waals surface area contributed by atoms with Gasteiger partial charge in [-0.05, 0) is 41.8 Å². The van der Waals surface area contributed by atoms with E-state index in [-0.39, 0.29) is 24.3 Å². The van der Waals surface area contributed by atoms with E-state index in [1.807, 2.05) is 30.3 Å². The van der Waals surface area contributed by atoms with Crippen molar-refractivity contribution < 1.29 is 14.7 Å². The van der Waals surface area contributed by atoms with Crippen LogP contribution in [0, 0.1) is 5.41 Å². The van der Waals surface area contributed by atoms with Crippen LogP contribution in [0.15, 0.2) is 48.5 Å². The average molecular weight is 435 g/mol. The topological polar surface area (TPSA) is 60.9 Å². The first-order chi connectivity index (χ1) is 13.6. The number of aliphatic carboxylic acids is 1. The van der Waals surface area contributed by atoms with Crippen molar-refractivity contribution in [3.05, 3.63) is 69.7 Å². The van der Waals surface area contributed by atoms with E-state index < -0.39 is 11.4 Å². The molecule has 0 spiro atoms. The molecular formula is C22H24Cl2N2O3. The van der Waals surface area contributed by atoms with Gasteiger partial charge in [-0.3, -0.25) is 14.6 Å². The lowest BCUT2D eigenvalue weighted by Crippen LogP contribution is -2.57. The van der Waals surface area contributed by atoms with Crippen LogP contribution in [0.2, 0.25) is 10.0 Å². The summed E-state index contributed by atoms with van der Waals surface area (Å²) < 4.78 is 0. The highest BCUT2D eigenvalue weighted by atomic mass is 35.5. The van der Waals surface area contributed by atoms with Crippen molar-refractivity contribution in [2.24, 2.45) is 5.41 Å². The molecule has 1 fully saturated rings.